The highest BCUT2D eigenvalue weighted by atomic mass is 79.9. The van der Waals surface area contributed by atoms with Gasteiger partial charge in [-0.15, -0.1) is 0 Å². The molecule has 9 nitrogen and oxygen atoms in total. The molecule has 4 rings (SSSR count). The van der Waals surface area contributed by atoms with Gasteiger partial charge in [0.1, 0.15) is 0 Å². The number of ether oxygens (including phenoxy) is 1. The first-order valence-electron chi connectivity index (χ1n) is 9.08. The molecule has 0 radical (unpaired) electrons. The molecule has 1 aromatic carbocycles. The number of methoxy groups -OCH3 is 1. The number of likely N-dealkylation sites (tertiary alicyclic amines) is 1. The van der Waals surface area contributed by atoms with Crippen LogP contribution < -0.4 is 0 Å². The predicted molar refractivity (Wildman–Crippen MR) is 105 cm³/mol. The number of halogens is 1. The maximum absolute atomic E-state index is 13.2. The number of esters is 1. The van der Waals surface area contributed by atoms with E-state index >= 15 is 0 Å². The molecule has 3 heterocycles. The van der Waals surface area contributed by atoms with Gasteiger partial charge in [-0.2, -0.15) is 15.0 Å². The summed E-state index contributed by atoms with van der Waals surface area (Å²) in [6.45, 7) is 1.06. The lowest BCUT2D eigenvalue weighted by atomic mass is 9.97. The highest BCUT2D eigenvalue weighted by molar-refractivity contribution is 9.10. The molecule has 2 aromatic heterocycles. The van der Waals surface area contributed by atoms with Crippen molar-refractivity contribution in [3.05, 3.63) is 58.5 Å². The number of amides is 1. The minimum absolute atomic E-state index is 0.0982. The average molecular weight is 460 g/mol. The van der Waals surface area contributed by atoms with Gasteiger partial charge in [-0.25, -0.2) is 9.78 Å². The summed E-state index contributed by atoms with van der Waals surface area (Å²) in [7, 11) is 1.29. The van der Waals surface area contributed by atoms with Crippen LogP contribution in [-0.2, 0) is 4.74 Å². The van der Waals surface area contributed by atoms with Crippen LogP contribution in [0.4, 0.5) is 0 Å². The van der Waals surface area contributed by atoms with Gasteiger partial charge in [0.25, 0.3) is 5.91 Å². The van der Waals surface area contributed by atoms with Crippen molar-refractivity contribution in [3.63, 3.8) is 0 Å². The Kier molecular flexibility index (Phi) is 5.43. The molecular formula is C19H18BrN5O4. The Balaban J connectivity index is 1.57. The van der Waals surface area contributed by atoms with Gasteiger partial charge < -0.3 is 14.1 Å². The summed E-state index contributed by atoms with van der Waals surface area (Å²) >= 11 is 3.21. The Morgan fingerprint density at radius 2 is 2.00 bits per heavy atom. The van der Waals surface area contributed by atoms with Crippen LogP contribution in [0.2, 0.25) is 0 Å². The number of carbonyl (C=O) groups excluding carboxylic acids is 2. The van der Waals surface area contributed by atoms with Crippen molar-refractivity contribution in [2.45, 2.75) is 18.8 Å². The molecule has 1 amide bonds. The number of hydrogen-bond acceptors (Lipinski definition) is 7. The molecule has 0 aliphatic carbocycles. The van der Waals surface area contributed by atoms with E-state index in [1.807, 2.05) is 18.2 Å². The lowest BCUT2D eigenvalue weighted by Gasteiger charge is -2.31. The standard InChI is InChI=1S/C19H18BrN5O4/c1-28-19(27)15-16(20)29-17(23-15)12-5-4-10-24(11-12)18(26)13-6-2-3-7-14(13)25-21-8-9-22-25/h2-3,6-9,12H,4-5,10-11H2,1H3/t12-/m1/s1. The largest absolute Gasteiger partial charge is 0.464 e. The van der Waals surface area contributed by atoms with Gasteiger partial charge in [-0.3, -0.25) is 4.79 Å². The summed E-state index contributed by atoms with van der Waals surface area (Å²) in [5.41, 5.74) is 1.24. The van der Waals surface area contributed by atoms with E-state index in [2.05, 4.69) is 31.1 Å². The molecule has 10 heteroatoms. The molecule has 0 bridgehead atoms. The number of nitrogens with zero attached hydrogens (tertiary/aromatic N) is 5. The number of rotatable bonds is 4. The first-order valence-corrected chi connectivity index (χ1v) is 9.87. The Morgan fingerprint density at radius 1 is 1.24 bits per heavy atom. The number of aromatic nitrogens is 4. The molecule has 0 unspecified atom stereocenters. The normalized spacial score (nSPS) is 16.6. The van der Waals surface area contributed by atoms with Gasteiger partial charge >= 0.3 is 5.97 Å². The fraction of sp³-hybridized carbons (Fsp3) is 0.316. The van der Waals surface area contributed by atoms with Crippen LogP contribution in [0.15, 0.2) is 45.7 Å². The average Bonchev–Trinajstić information content (AvgIpc) is 3.43. The highest BCUT2D eigenvalue weighted by Gasteiger charge is 2.31. The van der Waals surface area contributed by atoms with Gasteiger partial charge in [0.05, 0.1) is 36.7 Å². The number of piperidine rings is 1. The van der Waals surface area contributed by atoms with E-state index in [1.54, 1.807) is 23.4 Å². The molecule has 1 aliphatic rings. The summed E-state index contributed by atoms with van der Waals surface area (Å²) in [6.07, 6.45) is 4.74. The van der Waals surface area contributed by atoms with Gasteiger partial charge in [0.15, 0.2) is 0 Å². The second-order valence-corrected chi connectivity index (χ2v) is 7.31. The second-order valence-electron chi connectivity index (χ2n) is 6.59. The Hall–Kier alpha value is -3.01. The summed E-state index contributed by atoms with van der Waals surface area (Å²) in [4.78, 5) is 32.5. The van der Waals surface area contributed by atoms with Crippen molar-refractivity contribution in [2.75, 3.05) is 20.2 Å². The minimum atomic E-state index is -0.573. The number of benzene rings is 1. The number of hydrogen-bond donors (Lipinski definition) is 0. The number of para-hydroxylation sites is 1. The first kappa shape index (κ1) is 19.3. The smallest absolute Gasteiger partial charge is 0.361 e. The van der Waals surface area contributed by atoms with E-state index in [0.717, 1.165) is 12.8 Å². The number of oxazole rings is 1. The van der Waals surface area contributed by atoms with Gasteiger partial charge in [-0.1, -0.05) is 12.1 Å². The molecule has 3 aromatic rings. The van der Waals surface area contributed by atoms with Crippen LogP contribution in [0, 0.1) is 0 Å². The van der Waals surface area contributed by atoms with Gasteiger partial charge in [0.2, 0.25) is 16.3 Å². The zero-order chi connectivity index (χ0) is 20.4. The Bertz CT molecular complexity index is 1030. The molecule has 0 spiro atoms. The van der Waals surface area contributed by atoms with Gasteiger partial charge in [0, 0.05) is 13.1 Å². The fourth-order valence-corrected chi connectivity index (χ4v) is 3.83. The highest BCUT2D eigenvalue weighted by Crippen LogP contribution is 2.31. The van der Waals surface area contributed by atoms with Crippen molar-refractivity contribution < 1.29 is 18.7 Å². The lowest BCUT2D eigenvalue weighted by Crippen LogP contribution is -2.39. The summed E-state index contributed by atoms with van der Waals surface area (Å²) in [5.74, 6) is -0.383. The molecule has 29 heavy (non-hydrogen) atoms. The molecule has 150 valence electrons. The molecule has 1 aliphatic heterocycles. The predicted octanol–water partition coefficient (Wildman–Crippen LogP) is 2.82. The quantitative estimate of drug-likeness (QED) is 0.552. The summed E-state index contributed by atoms with van der Waals surface area (Å²) < 4.78 is 10.6. The van der Waals surface area contributed by atoms with Crippen LogP contribution in [0.1, 0.15) is 45.5 Å². The number of carbonyl (C=O) groups is 2. The Morgan fingerprint density at radius 3 is 2.76 bits per heavy atom. The molecule has 0 saturated carbocycles. The van der Waals surface area contributed by atoms with Crippen LogP contribution in [0.5, 0.6) is 0 Å². The molecule has 1 fully saturated rings. The van der Waals surface area contributed by atoms with Crippen LogP contribution in [-0.4, -0.2) is 57.0 Å². The third-order valence-corrected chi connectivity index (χ3v) is 5.35. The van der Waals surface area contributed by atoms with Crippen LogP contribution >= 0.6 is 15.9 Å². The third kappa shape index (κ3) is 3.80. The van der Waals surface area contributed by atoms with Crippen molar-refractivity contribution in [1.29, 1.82) is 0 Å². The van der Waals surface area contributed by atoms with E-state index in [0.29, 0.717) is 30.2 Å². The zero-order valence-electron chi connectivity index (χ0n) is 15.6. The van der Waals surface area contributed by atoms with Crippen LogP contribution in [0.25, 0.3) is 5.69 Å². The van der Waals surface area contributed by atoms with E-state index < -0.39 is 5.97 Å². The SMILES string of the molecule is COC(=O)c1nc([C@@H]2CCCN(C(=O)c3ccccc3-n3nccn3)C2)oc1Br. The molecular weight excluding hydrogens is 442 g/mol. The Labute approximate surface area is 174 Å². The van der Waals surface area contributed by atoms with Crippen molar-refractivity contribution in [3.8, 4) is 5.69 Å². The van der Waals surface area contributed by atoms with E-state index in [4.69, 9.17) is 9.15 Å². The maximum atomic E-state index is 13.2. The molecule has 1 atom stereocenters. The fourth-order valence-electron chi connectivity index (χ4n) is 3.42. The topological polar surface area (TPSA) is 103 Å². The van der Waals surface area contributed by atoms with E-state index in [9.17, 15) is 9.59 Å². The first-order chi connectivity index (χ1) is 14.1. The molecule has 0 N–H and O–H groups in total. The monoisotopic (exact) mass is 459 g/mol. The maximum Gasteiger partial charge on any atom is 0.361 e. The zero-order valence-corrected chi connectivity index (χ0v) is 17.2. The summed E-state index contributed by atoms with van der Waals surface area (Å²) in [5, 5.41) is 8.27. The van der Waals surface area contributed by atoms with E-state index in [1.165, 1.54) is 11.9 Å². The summed E-state index contributed by atoms with van der Waals surface area (Å²) in [6, 6.07) is 7.23. The van der Waals surface area contributed by atoms with Crippen molar-refractivity contribution in [1.82, 2.24) is 24.9 Å². The van der Waals surface area contributed by atoms with E-state index in [-0.39, 0.29) is 22.2 Å². The van der Waals surface area contributed by atoms with Crippen LogP contribution in [0.3, 0.4) is 0 Å². The lowest BCUT2D eigenvalue weighted by molar-refractivity contribution is 0.0591. The minimum Gasteiger partial charge on any atom is -0.464 e. The van der Waals surface area contributed by atoms with Crippen molar-refractivity contribution >= 4 is 27.8 Å². The van der Waals surface area contributed by atoms with Crippen molar-refractivity contribution in [2.24, 2.45) is 0 Å². The third-order valence-electron chi connectivity index (χ3n) is 4.81. The van der Waals surface area contributed by atoms with Gasteiger partial charge in [-0.05, 0) is 40.9 Å². The molecule has 1 saturated heterocycles. The second kappa shape index (κ2) is 8.16.